The van der Waals surface area contributed by atoms with E-state index in [9.17, 15) is 0 Å². The van der Waals surface area contributed by atoms with Crippen LogP contribution in [0.1, 0.15) is 36.4 Å². The van der Waals surface area contributed by atoms with Gasteiger partial charge in [0.1, 0.15) is 5.69 Å². The van der Waals surface area contributed by atoms with Crippen molar-refractivity contribution in [2.75, 3.05) is 0 Å². The second kappa shape index (κ2) is 9.49. The van der Waals surface area contributed by atoms with Crippen LogP contribution in [0, 0.1) is 13.8 Å². The van der Waals surface area contributed by atoms with E-state index in [0.717, 1.165) is 11.1 Å². The number of aliphatic imine (C=N–C) groups is 2. The summed E-state index contributed by atoms with van der Waals surface area (Å²) in [6.45, 7) is 7.57. The molecule has 0 fully saturated rings. The SMILES string of the molecule is CC(=Nc1c(C)cccc1Cl)c1cc(Cl)c(Cl)c(C(C)=Nc2c(C)cccc2Cl)n1. The molecule has 3 nitrogen and oxygen atoms in total. The zero-order chi connectivity index (χ0) is 22.0. The van der Waals surface area contributed by atoms with E-state index >= 15 is 0 Å². The Labute approximate surface area is 196 Å². The summed E-state index contributed by atoms with van der Waals surface area (Å²) in [4.78, 5) is 14.0. The zero-order valence-electron chi connectivity index (χ0n) is 16.9. The van der Waals surface area contributed by atoms with Gasteiger partial charge in [-0.3, -0.25) is 0 Å². The predicted molar refractivity (Wildman–Crippen MR) is 130 cm³/mol. The number of aromatic nitrogens is 1. The highest BCUT2D eigenvalue weighted by Crippen LogP contribution is 2.32. The normalized spacial score (nSPS) is 12.4. The third-order valence-corrected chi connectivity index (χ3v) is 5.95. The molecule has 0 aliphatic heterocycles. The average molecular weight is 479 g/mol. The van der Waals surface area contributed by atoms with Gasteiger partial charge in [-0.05, 0) is 57.0 Å². The highest BCUT2D eigenvalue weighted by atomic mass is 35.5. The van der Waals surface area contributed by atoms with Crippen LogP contribution in [-0.4, -0.2) is 16.4 Å². The van der Waals surface area contributed by atoms with E-state index in [1.807, 2.05) is 52.0 Å². The Kier molecular flexibility index (Phi) is 7.20. The Balaban J connectivity index is 2.11. The first-order valence-electron chi connectivity index (χ1n) is 9.16. The van der Waals surface area contributed by atoms with Gasteiger partial charge in [0, 0.05) is 0 Å². The summed E-state index contributed by atoms with van der Waals surface area (Å²) in [5.41, 5.74) is 5.61. The zero-order valence-corrected chi connectivity index (χ0v) is 19.9. The molecule has 0 amide bonds. The summed E-state index contributed by atoms with van der Waals surface area (Å²) in [5, 5.41) is 1.82. The molecule has 0 saturated carbocycles. The van der Waals surface area contributed by atoms with Crippen molar-refractivity contribution in [1.82, 2.24) is 4.98 Å². The van der Waals surface area contributed by atoms with E-state index in [1.165, 1.54) is 0 Å². The van der Waals surface area contributed by atoms with Gasteiger partial charge in [0.25, 0.3) is 0 Å². The molecule has 3 rings (SSSR count). The number of halogens is 4. The molecule has 0 atom stereocenters. The van der Waals surface area contributed by atoms with Crippen LogP contribution in [0.5, 0.6) is 0 Å². The number of hydrogen-bond donors (Lipinski definition) is 0. The van der Waals surface area contributed by atoms with Gasteiger partial charge in [-0.1, -0.05) is 70.7 Å². The van der Waals surface area contributed by atoms with Crippen molar-refractivity contribution >= 4 is 69.2 Å². The van der Waals surface area contributed by atoms with Crippen LogP contribution in [0.2, 0.25) is 20.1 Å². The van der Waals surface area contributed by atoms with E-state index in [0.29, 0.717) is 54.3 Å². The summed E-state index contributed by atoms with van der Waals surface area (Å²) in [6.07, 6.45) is 0. The third kappa shape index (κ3) is 4.87. The summed E-state index contributed by atoms with van der Waals surface area (Å²) in [7, 11) is 0. The molecule has 0 bridgehead atoms. The molecular formula is C23H19Cl4N3. The first-order valence-corrected chi connectivity index (χ1v) is 10.7. The Bertz CT molecular complexity index is 1140. The standard InChI is InChI=1S/C23H19Cl4N3/c1-12-7-5-9-16(24)21(12)28-14(3)19-11-18(26)20(27)23(30-19)15(4)29-22-13(2)8-6-10-17(22)25/h5-11H,1-4H3. The maximum absolute atomic E-state index is 6.45. The lowest BCUT2D eigenvalue weighted by molar-refractivity contribution is 1.23. The molecule has 1 aromatic heterocycles. The Hall–Kier alpha value is -1.91. The molecule has 0 aliphatic rings. The lowest BCUT2D eigenvalue weighted by Crippen LogP contribution is -2.07. The van der Waals surface area contributed by atoms with Gasteiger partial charge in [-0.2, -0.15) is 0 Å². The molecule has 2 aromatic carbocycles. The molecule has 0 N–H and O–H groups in total. The highest BCUT2D eigenvalue weighted by molar-refractivity contribution is 6.44. The largest absolute Gasteiger partial charge is 0.250 e. The second-order valence-electron chi connectivity index (χ2n) is 6.86. The molecule has 154 valence electrons. The number of rotatable bonds is 4. The van der Waals surface area contributed by atoms with Crippen molar-refractivity contribution in [2.24, 2.45) is 9.98 Å². The maximum Gasteiger partial charge on any atom is 0.105 e. The monoisotopic (exact) mass is 477 g/mol. The smallest absolute Gasteiger partial charge is 0.105 e. The van der Waals surface area contributed by atoms with E-state index in [1.54, 1.807) is 18.2 Å². The minimum absolute atomic E-state index is 0.327. The van der Waals surface area contributed by atoms with Gasteiger partial charge in [0.05, 0.1) is 48.6 Å². The fraction of sp³-hybridized carbons (Fsp3) is 0.174. The second-order valence-corrected chi connectivity index (χ2v) is 8.46. The van der Waals surface area contributed by atoms with Gasteiger partial charge in [-0.25, -0.2) is 15.0 Å². The van der Waals surface area contributed by atoms with Crippen LogP contribution in [0.15, 0.2) is 52.4 Å². The highest BCUT2D eigenvalue weighted by Gasteiger charge is 2.15. The van der Waals surface area contributed by atoms with Gasteiger partial charge >= 0.3 is 0 Å². The average Bonchev–Trinajstić information content (AvgIpc) is 2.69. The van der Waals surface area contributed by atoms with Crippen LogP contribution in [-0.2, 0) is 0 Å². The van der Waals surface area contributed by atoms with Crippen LogP contribution in [0.3, 0.4) is 0 Å². The molecule has 7 heteroatoms. The number of pyridine rings is 1. The minimum Gasteiger partial charge on any atom is -0.250 e. The molecule has 0 saturated heterocycles. The summed E-state index contributed by atoms with van der Waals surface area (Å²) in [6, 6.07) is 12.9. The quantitative estimate of drug-likeness (QED) is 0.346. The Morgan fingerprint density at radius 1 is 0.733 bits per heavy atom. The summed E-state index contributed by atoms with van der Waals surface area (Å²) < 4.78 is 0. The van der Waals surface area contributed by atoms with Crippen molar-refractivity contribution in [3.8, 4) is 0 Å². The van der Waals surface area contributed by atoms with E-state index in [4.69, 9.17) is 46.4 Å². The Morgan fingerprint density at radius 3 is 1.73 bits per heavy atom. The first-order chi connectivity index (χ1) is 14.2. The fourth-order valence-electron chi connectivity index (χ4n) is 2.90. The van der Waals surface area contributed by atoms with Crippen molar-refractivity contribution < 1.29 is 0 Å². The van der Waals surface area contributed by atoms with E-state index in [-0.39, 0.29) is 0 Å². The third-order valence-electron chi connectivity index (χ3n) is 4.56. The summed E-state index contributed by atoms with van der Waals surface area (Å²) in [5.74, 6) is 0. The van der Waals surface area contributed by atoms with Crippen molar-refractivity contribution in [3.05, 3.63) is 85.1 Å². The molecular weight excluding hydrogens is 460 g/mol. The maximum atomic E-state index is 6.45. The van der Waals surface area contributed by atoms with Gasteiger partial charge in [0.2, 0.25) is 0 Å². The van der Waals surface area contributed by atoms with E-state index in [2.05, 4.69) is 15.0 Å². The molecule has 3 aromatic rings. The van der Waals surface area contributed by atoms with Crippen molar-refractivity contribution in [3.63, 3.8) is 0 Å². The summed E-state index contributed by atoms with van der Waals surface area (Å²) >= 11 is 25.5. The predicted octanol–water partition coefficient (Wildman–Crippen LogP) is 8.59. The number of nitrogens with zero attached hydrogens (tertiary/aromatic N) is 3. The van der Waals surface area contributed by atoms with Crippen molar-refractivity contribution in [2.45, 2.75) is 27.7 Å². The van der Waals surface area contributed by atoms with Crippen LogP contribution in [0.4, 0.5) is 11.4 Å². The molecule has 0 unspecified atom stereocenters. The molecule has 0 spiro atoms. The van der Waals surface area contributed by atoms with Gasteiger partial charge < -0.3 is 0 Å². The number of hydrogen-bond acceptors (Lipinski definition) is 3. The topological polar surface area (TPSA) is 37.6 Å². The number of aryl methyl sites for hydroxylation is 2. The molecule has 1 heterocycles. The lowest BCUT2D eigenvalue weighted by Gasteiger charge is -2.11. The lowest BCUT2D eigenvalue weighted by atomic mass is 10.1. The minimum atomic E-state index is 0.327. The Morgan fingerprint density at radius 2 is 1.23 bits per heavy atom. The molecule has 30 heavy (non-hydrogen) atoms. The molecule has 0 aliphatic carbocycles. The first kappa shape index (κ1) is 22.8. The van der Waals surface area contributed by atoms with Gasteiger partial charge in [0.15, 0.2) is 0 Å². The number of benzene rings is 2. The van der Waals surface area contributed by atoms with Gasteiger partial charge in [-0.15, -0.1) is 0 Å². The number of para-hydroxylation sites is 2. The molecule has 0 radical (unpaired) electrons. The van der Waals surface area contributed by atoms with Crippen LogP contribution < -0.4 is 0 Å². The van der Waals surface area contributed by atoms with Crippen LogP contribution in [0.25, 0.3) is 0 Å². The van der Waals surface area contributed by atoms with Crippen molar-refractivity contribution in [1.29, 1.82) is 0 Å². The van der Waals surface area contributed by atoms with E-state index < -0.39 is 0 Å². The fourth-order valence-corrected chi connectivity index (χ4v) is 3.85. The van der Waals surface area contributed by atoms with Crippen LogP contribution >= 0.6 is 46.4 Å².